The van der Waals surface area contributed by atoms with E-state index in [4.69, 9.17) is 23.2 Å². The molecule has 0 radical (unpaired) electrons. The second-order valence-corrected chi connectivity index (χ2v) is 4.63. The average Bonchev–Trinajstić information content (AvgIpc) is 2.22. The van der Waals surface area contributed by atoms with Crippen molar-refractivity contribution in [1.82, 2.24) is 5.32 Å². The number of halogens is 2. The number of amides is 1. The summed E-state index contributed by atoms with van der Waals surface area (Å²) in [7, 11) is 0. The van der Waals surface area contributed by atoms with Gasteiger partial charge in [0.15, 0.2) is 0 Å². The summed E-state index contributed by atoms with van der Waals surface area (Å²) in [5, 5.41) is 4.00. The van der Waals surface area contributed by atoms with Crippen LogP contribution in [-0.4, -0.2) is 11.9 Å². The van der Waals surface area contributed by atoms with Crippen LogP contribution in [0.25, 0.3) is 0 Å². The first-order valence-corrected chi connectivity index (χ1v) is 6.01. The van der Waals surface area contributed by atoms with E-state index in [-0.39, 0.29) is 11.9 Å². The lowest BCUT2D eigenvalue weighted by Gasteiger charge is -2.11. The molecule has 1 N–H and O–H groups in total. The van der Waals surface area contributed by atoms with Crippen LogP contribution in [0.3, 0.4) is 0 Å². The van der Waals surface area contributed by atoms with Crippen LogP contribution in [0.4, 0.5) is 0 Å². The topological polar surface area (TPSA) is 29.1 Å². The van der Waals surface area contributed by atoms with E-state index in [1.807, 2.05) is 13.8 Å². The van der Waals surface area contributed by atoms with Gasteiger partial charge in [-0.05, 0) is 31.0 Å². The quantitative estimate of drug-likeness (QED) is 0.882. The van der Waals surface area contributed by atoms with Crippen LogP contribution in [0.5, 0.6) is 0 Å². The van der Waals surface area contributed by atoms with E-state index < -0.39 is 0 Å². The van der Waals surface area contributed by atoms with Crippen LogP contribution >= 0.6 is 23.2 Å². The first-order valence-electron chi connectivity index (χ1n) is 5.26. The molecule has 1 rings (SSSR count). The fraction of sp³-hybridized carbons (Fsp3) is 0.417. The molecule has 0 saturated carbocycles. The monoisotopic (exact) mass is 259 g/mol. The summed E-state index contributed by atoms with van der Waals surface area (Å²) in [6.07, 6.45) is 1.21. The first kappa shape index (κ1) is 13.3. The van der Waals surface area contributed by atoms with Crippen molar-refractivity contribution in [2.75, 3.05) is 0 Å². The standard InChI is InChI=1S/C12H15Cl2NO/c1-3-8(2)15-12(16)6-9-4-5-10(13)7-11(9)14/h4-5,7-8H,3,6H2,1-2H3,(H,15,16)/t8-/m0/s1. The molecule has 2 nitrogen and oxygen atoms in total. The molecule has 0 fully saturated rings. The van der Waals surface area contributed by atoms with Crippen molar-refractivity contribution in [2.45, 2.75) is 32.7 Å². The SMILES string of the molecule is CC[C@H](C)NC(=O)Cc1ccc(Cl)cc1Cl. The normalized spacial score (nSPS) is 12.2. The van der Waals surface area contributed by atoms with E-state index in [0.29, 0.717) is 16.5 Å². The molecular formula is C12H15Cl2NO. The molecule has 1 aromatic carbocycles. The van der Waals surface area contributed by atoms with Crippen LogP contribution in [0.1, 0.15) is 25.8 Å². The van der Waals surface area contributed by atoms with Crippen molar-refractivity contribution in [2.24, 2.45) is 0 Å². The van der Waals surface area contributed by atoms with Gasteiger partial charge in [0.25, 0.3) is 0 Å². The Hall–Kier alpha value is -0.730. The molecule has 0 aromatic heterocycles. The number of hydrogen-bond acceptors (Lipinski definition) is 1. The highest BCUT2D eigenvalue weighted by Crippen LogP contribution is 2.21. The number of benzene rings is 1. The van der Waals surface area contributed by atoms with Gasteiger partial charge in [0.2, 0.25) is 5.91 Å². The Morgan fingerprint density at radius 2 is 2.12 bits per heavy atom. The van der Waals surface area contributed by atoms with E-state index in [9.17, 15) is 4.79 Å². The van der Waals surface area contributed by atoms with Crippen molar-refractivity contribution < 1.29 is 4.79 Å². The fourth-order valence-corrected chi connectivity index (χ4v) is 1.74. The maximum atomic E-state index is 11.6. The van der Waals surface area contributed by atoms with Crippen LogP contribution < -0.4 is 5.32 Å². The zero-order valence-electron chi connectivity index (χ0n) is 9.39. The van der Waals surface area contributed by atoms with Gasteiger partial charge in [-0.25, -0.2) is 0 Å². The second-order valence-electron chi connectivity index (χ2n) is 3.79. The van der Waals surface area contributed by atoms with Crippen molar-refractivity contribution in [3.05, 3.63) is 33.8 Å². The largest absolute Gasteiger partial charge is 0.353 e. The number of carbonyl (C=O) groups excluding carboxylic acids is 1. The number of rotatable bonds is 4. The zero-order valence-corrected chi connectivity index (χ0v) is 10.9. The maximum Gasteiger partial charge on any atom is 0.224 e. The highest BCUT2D eigenvalue weighted by Gasteiger charge is 2.09. The van der Waals surface area contributed by atoms with E-state index in [2.05, 4.69) is 5.32 Å². The minimum absolute atomic E-state index is 0.0152. The molecule has 0 saturated heterocycles. The lowest BCUT2D eigenvalue weighted by molar-refractivity contribution is -0.121. The van der Waals surface area contributed by atoms with Crippen molar-refractivity contribution in [1.29, 1.82) is 0 Å². The molecule has 1 atom stereocenters. The Labute approximate surface area is 106 Å². The van der Waals surface area contributed by atoms with E-state index in [1.54, 1.807) is 18.2 Å². The molecule has 0 aliphatic carbocycles. The third kappa shape index (κ3) is 4.03. The van der Waals surface area contributed by atoms with Crippen LogP contribution in [0, 0.1) is 0 Å². The minimum atomic E-state index is -0.0152. The van der Waals surface area contributed by atoms with E-state index in [1.165, 1.54) is 0 Å². The summed E-state index contributed by atoms with van der Waals surface area (Å²) in [5.41, 5.74) is 0.798. The lowest BCUT2D eigenvalue weighted by atomic mass is 10.1. The van der Waals surface area contributed by atoms with E-state index in [0.717, 1.165) is 12.0 Å². The summed E-state index contributed by atoms with van der Waals surface area (Å²) in [4.78, 5) is 11.6. The number of hydrogen-bond donors (Lipinski definition) is 1. The number of carbonyl (C=O) groups is 1. The van der Waals surface area contributed by atoms with Crippen molar-refractivity contribution in [3.8, 4) is 0 Å². The van der Waals surface area contributed by atoms with Gasteiger partial charge in [-0.1, -0.05) is 36.2 Å². The van der Waals surface area contributed by atoms with Crippen molar-refractivity contribution in [3.63, 3.8) is 0 Å². The Balaban J connectivity index is 2.63. The Kier molecular flexibility index (Phi) is 5.10. The minimum Gasteiger partial charge on any atom is -0.353 e. The van der Waals surface area contributed by atoms with Gasteiger partial charge >= 0.3 is 0 Å². The predicted molar refractivity (Wildman–Crippen MR) is 68.1 cm³/mol. The summed E-state index contributed by atoms with van der Waals surface area (Å²) >= 11 is 11.8. The second kappa shape index (κ2) is 6.12. The lowest BCUT2D eigenvalue weighted by Crippen LogP contribution is -2.33. The predicted octanol–water partition coefficient (Wildman–Crippen LogP) is 3.45. The molecule has 0 aliphatic heterocycles. The molecule has 1 amide bonds. The Morgan fingerprint density at radius 1 is 1.44 bits per heavy atom. The Morgan fingerprint density at radius 3 is 2.69 bits per heavy atom. The van der Waals surface area contributed by atoms with Crippen LogP contribution in [-0.2, 0) is 11.2 Å². The highest BCUT2D eigenvalue weighted by molar-refractivity contribution is 6.35. The third-order valence-corrected chi connectivity index (χ3v) is 2.97. The molecule has 4 heteroatoms. The first-order chi connectivity index (χ1) is 7.52. The summed E-state index contributed by atoms with van der Waals surface area (Å²) in [6, 6.07) is 5.35. The molecule has 0 heterocycles. The number of nitrogens with one attached hydrogen (secondary N) is 1. The maximum absolute atomic E-state index is 11.6. The zero-order chi connectivity index (χ0) is 12.1. The van der Waals surface area contributed by atoms with Gasteiger partial charge in [0.1, 0.15) is 0 Å². The third-order valence-electron chi connectivity index (χ3n) is 2.39. The van der Waals surface area contributed by atoms with Gasteiger partial charge < -0.3 is 5.32 Å². The van der Waals surface area contributed by atoms with Gasteiger partial charge in [-0.2, -0.15) is 0 Å². The average molecular weight is 260 g/mol. The van der Waals surface area contributed by atoms with Crippen LogP contribution in [0.2, 0.25) is 10.0 Å². The summed E-state index contributed by atoms with van der Waals surface area (Å²) in [5.74, 6) is -0.0152. The van der Waals surface area contributed by atoms with E-state index >= 15 is 0 Å². The van der Waals surface area contributed by atoms with Gasteiger partial charge in [-0.15, -0.1) is 0 Å². The molecule has 88 valence electrons. The molecule has 0 spiro atoms. The summed E-state index contributed by atoms with van der Waals surface area (Å²) in [6.45, 7) is 4.00. The van der Waals surface area contributed by atoms with Crippen molar-refractivity contribution >= 4 is 29.1 Å². The Bertz CT molecular complexity index is 379. The van der Waals surface area contributed by atoms with Gasteiger partial charge in [0.05, 0.1) is 6.42 Å². The summed E-state index contributed by atoms with van der Waals surface area (Å²) < 4.78 is 0. The van der Waals surface area contributed by atoms with Gasteiger partial charge in [0, 0.05) is 16.1 Å². The smallest absolute Gasteiger partial charge is 0.224 e. The molecule has 0 aliphatic rings. The fourth-order valence-electron chi connectivity index (χ4n) is 1.27. The highest BCUT2D eigenvalue weighted by atomic mass is 35.5. The van der Waals surface area contributed by atoms with Crippen LogP contribution in [0.15, 0.2) is 18.2 Å². The molecule has 1 aromatic rings. The molecule has 0 bridgehead atoms. The molecular weight excluding hydrogens is 245 g/mol. The molecule has 16 heavy (non-hydrogen) atoms. The van der Waals surface area contributed by atoms with Gasteiger partial charge in [-0.3, -0.25) is 4.79 Å². The molecule has 0 unspecified atom stereocenters.